The van der Waals surface area contributed by atoms with Crippen molar-refractivity contribution in [2.45, 2.75) is 45.1 Å². The molecule has 0 bridgehead atoms. The van der Waals surface area contributed by atoms with E-state index >= 15 is 0 Å². The Morgan fingerprint density at radius 1 is 1.35 bits per heavy atom. The Kier molecular flexibility index (Phi) is 7.64. The van der Waals surface area contributed by atoms with Crippen LogP contribution in [-0.2, 0) is 14.3 Å². The third kappa shape index (κ3) is 5.90. The Hall–Kier alpha value is -1.79. The molecule has 116 valence electrons. The van der Waals surface area contributed by atoms with E-state index in [0.29, 0.717) is 25.8 Å². The summed E-state index contributed by atoms with van der Waals surface area (Å²) in [6.45, 7) is 3.69. The minimum Gasteiger partial charge on any atom is -0.480 e. The number of amides is 2. The van der Waals surface area contributed by atoms with Gasteiger partial charge in [0.1, 0.15) is 5.54 Å². The van der Waals surface area contributed by atoms with Crippen LogP contribution in [0.5, 0.6) is 0 Å². The van der Waals surface area contributed by atoms with Gasteiger partial charge in [0.25, 0.3) is 0 Å². The van der Waals surface area contributed by atoms with Gasteiger partial charge in [0.05, 0.1) is 7.11 Å². The molecule has 2 amide bonds. The molecule has 7 heteroatoms. The van der Waals surface area contributed by atoms with Crippen molar-refractivity contribution in [3.8, 4) is 0 Å². The number of nitrogens with one attached hydrogen (secondary N) is 1. The molecule has 0 rings (SSSR count). The van der Waals surface area contributed by atoms with Crippen LogP contribution >= 0.6 is 0 Å². The summed E-state index contributed by atoms with van der Waals surface area (Å²) in [5.41, 5.74) is -1.28. The Balaban J connectivity index is 4.36. The van der Waals surface area contributed by atoms with Crippen LogP contribution in [0, 0.1) is 0 Å². The van der Waals surface area contributed by atoms with E-state index in [4.69, 9.17) is 0 Å². The van der Waals surface area contributed by atoms with Crippen LogP contribution in [0.3, 0.4) is 0 Å². The van der Waals surface area contributed by atoms with Crippen molar-refractivity contribution in [2.75, 3.05) is 20.7 Å². The highest BCUT2D eigenvalue weighted by molar-refractivity contribution is 5.85. The number of hydrogen-bond donors (Lipinski definition) is 2. The Morgan fingerprint density at radius 3 is 2.40 bits per heavy atom. The number of rotatable bonds is 8. The molecule has 0 fully saturated rings. The zero-order valence-electron chi connectivity index (χ0n) is 12.6. The lowest BCUT2D eigenvalue weighted by molar-refractivity contribution is -0.144. The average molecular weight is 288 g/mol. The molecule has 0 aliphatic carbocycles. The van der Waals surface area contributed by atoms with Gasteiger partial charge in [-0.1, -0.05) is 13.3 Å². The van der Waals surface area contributed by atoms with Crippen molar-refractivity contribution in [1.29, 1.82) is 0 Å². The lowest BCUT2D eigenvalue weighted by atomic mass is 9.96. The average Bonchev–Trinajstić information content (AvgIpc) is 2.38. The van der Waals surface area contributed by atoms with Gasteiger partial charge in [-0.15, -0.1) is 0 Å². The molecule has 1 atom stereocenters. The molecular formula is C13H24N2O5. The molecule has 1 unspecified atom stereocenters. The number of carbonyl (C=O) groups is 3. The number of urea groups is 1. The number of hydrogen-bond acceptors (Lipinski definition) is 4. The molecule has 7 nitrogen and oxygen atoms in total. The predicted molar refractivity (Wildman–Crippen MR) is 73.4 cm³/mol. The number of carboxylic acids is 1. The number of carboxylic acid groups (broad SMARTS) is 1. The van der Waals surface area contributed by atoms with Gasteiger partial charge in [0.15, 0.2) is 0 Å². The molecule has 0 heterocycles. The van der Waals surface area contributed by atoms with Gasteiger partial charge in [-0.3, -0.25) is 4.79 Å². The summed E-state index contributed by atoms with van der Waals surface area (Å²) in [4.78, 5) is 35.4. The topological polar surface area (TPSA) is 95.9 Å². The molecule has 0 aromatic heterocycles. The molecule has 0 spiro atoms. The van der Waals surface area contributed by atoms with Crippen LogP contribution in [-0.4, -0.2) is 54.2 Å². The zero-order valence-corrected chi connectivity index (χ0v) is 12.6. The lowest BCUT2D eigenvalue weighted by Gasteiger charge is -2.28. The van der Waals surface area contributed by atoms with Crippen molar-refractivity contribution >= 4 is 18.0 Å². The molecule has 0 aromatic rings. The first-order chi connectivity index (χ1) is 9.26. The second kappa shape index (κ2) is 8.39. The third-order valence-electron chi connectivity index (χ3n) is 3.05. The van der Waals surface area contributed by atoms with Gasteiger partial charge in [0, 0.05) is 20.0 Å². The monoisotopic (exact) mass is 288 g/mol. The van der Waals surface area contributed by atoms with Gasteiger partial charge in [-0.05, 0) is 19.8 Å². The SMILES string of the molecule is CCCC(C)(NC(=O)N(C)CCCC(=O)OC)C(=O)O. The van der Waals surface area contributed by atoms with Crippen molar-refractivity contribution in [3.63, 3.8) is 0 Å². The highest BCUT2D eigenvalue weighted by Crippen LogP contribution is 2.13. The molecule has 0 aliphatic heterocycles. The van der Waals surface area contributed by atoms with E-state index in [-0.39, 0.29) is 12.4 Å². The second-order valence-electron chi connectivity index (χ2n) is 4.92. The van der Waals surface area contributed by atoms with E-state index in [1.807, 2.05) is 6.92 Å². The minimum absolute atomic E-state index is 0.222. The molecule has 2 N–H and O–H groups in total. The van der Waals surface area contributed by atoms with E-state index in [0.717, 1.165) is 0 Å². The summed E-state index contributed by atoms with van der Waals surface area (Å²) in [5, 5.41) is 11.7. The number of ether oxygens (including phenoxy) is 1. The maximum Gasteiger partial charge on any atom is 0.329 e. The van der Waals surface area contributed by atoms with E-state index in [1.165, 1.54) is 18.9 Å². The molecule has 20 heavy (non-hydrogen) atoms. The fourth-order valence-electron chi connectivity index (χ4n) is 1.72. The number of methoxy groups -OCH3 is 1. The van der Waals surface area contributed by atoms with Gasteiger partial charge in [-0.25, -0.2) is 9.59 Å². The summed E-state index contributed by atoms with van der Waals surface area (Å²) in [6, 6.07) is -0.465. The number of nitrogens with zero attached hydrogens (tertiary/aromatic N) is 1. The van der Waals surface area contributed by atoms with Gasteiger partial charge >= 0.3 is 18.0 Å². The van der Waals surface area contributed by atoms with E-state index in [1.54, 1.807) is 7.05 Å². The summed E-state index contributed by atoms with van der Waals surface area (Å²) in [5.74, 6) is -1.39. The van der Waals surface area contributed by atoms with Crippen LogP contribution in [0.15, 0.2) is 0 Å². The molecular weight excluding hydrogens is 264 g/mol. The molecule has 0 radical (unpaired) electrons. The highest BCUT2D eigenvalue weighted by atomic mass is 16.5. The highest BCUT2D eigenvalue weighted by Gasteiger charge is 2.34. The smallest absolute Gasteiger partial charge is 0.329 e. The quantitative estimate of drug-likeness (QED) is 0.655. The number of aliphatic carboxylic acids is 1. The van der Waals surface area contributed by atoms with Crippen molar-refractivity contribution in [2.24, 2.45) is 0 Å². The lowest BCUT2D eigenvalue weighted by Crippen LogP contribution is -2.55. The summed E-state index contributed by atoms with van der Waals surface area (Å²) >= 11 is 0. The first-order valence-corrected chi connectivity index (χ1v) is 6.60. The van der Waals surface area contributed by atoms with Gasteiger partial charge in [0.2, 0.25) is 0 Å². The summed E-state index contributed by atoms with van der Waals surface area (Å²) in [6.07, 6.45) is 1.69. The summed E-state index contributed by atoms with van der Waals surface area (Å²) < 4.78 is 4.50. The molecule has 0 aromatic carbocycles. The maximum atomic E-state index is 11.9. The number of esters is 1. The van der Waals surface area contributed by atoms with Crippen LogP contribution in [0.25, 0.3) is 0 Å². The normalized spacial score (nSPS) is 13.2. The Labute approximate surface area is 119 Å². The third-order valence-corrected chi connectivity index (χ3v) is 3.05. The first-order valence-electron chi connectivity index (χ1n) is 6.60. The Morgan fingerprint density at radius 2 is 1.95 bits per heavy atom. The summed E-state index contributed by atoms with van der Waals surface area (Å²) in [7, 11) is 2.86. The molecule has 0 saturated carbocycles. The zero-order chi connectivity index (χ0) is 15.8. The van der Waals surface area contributed by atoms with E-state index in [9.17, 15) is 19.5 Å². The van der Waals surface area contributed by atoms with E-state index in [2.05, 4.69) is 10.1 Å². The van der Waals surface area contributed by atoms with Crippen LogP contribution in [0.2, 0.25) is 0 Å². The minimum atomic E-state index is -1.28. The van der Waals surface area contributed by atoms with Crippen molar-refractivity contribution in [3.05, 3.63) is 0 Å². The molecule has 0 aliphatic rings. The van der Waals surface area contributed by atoms with E-state index < -0.39 is 17.5 Å². The Bertz CT molecular complexity index is 359. The first kappa shape index (κ1) is 18.2. The fourth-order valence-corrected chi connectivity index (χ4v) is 1.72. The van der Waals surface area contributed by atoms with Crippen LogP contribution in [0.4, 0.5) is 4.79 Å². The van der Waals surface area contributed by atoms with Gasteiger partial charge in [-0.2, -0.15) is 0 Å². The second-order valence-corrected chi connectivity index (χ2v) is 4.92. The fraction of sp³-hybridized carbons (Fsp3) is 0.769. The van der Waals surface area contributed by atoms with Gasteiger partial charge < -0.3 is 20.1 Å². The maximum absolute atomic E-state index is 11.9. The largest absolute Gasteiger partial charge is 0.480 e. The van der Waals surface area contributed by atoms with Crippen molar-refractivity contribution in [1.82, 2.24) is 10.2 Å². The van der Waals surface area contributed by atoms with Crippen LogP contribution in [0.1, 0.15) is 39.5 Å². The van der Waals surface area contributed by atoms with Crippen LogP contribution < -0.4 is 5.32 Å². The van der Waals surface area contributed by atoms with Crippen molar-refractivity contribution < 1.29 is 24.2 Å². The predicted octanol–water partition coefficient (Wildman–Crippen LogP) is 1.22. The standard InChI is InChI=1S/C13H24N2O5/c1-5-8-13(2,11(17)18)14-12(19)15(3)9-6-7-10(16)20-4/h5-9H2,1-4H3,(H,14,19)(H,17,18). The molecule has 0 saturated heterocycles. The number of carbonyl (C=O) groups excluding carboxylic acids is 2.